The van der Waals surface area contributed by atoms with Crippen molar-refractivity contribution in [3.63, 3.8) is 0 Å². The average molecular weight is 271 g/mol. The Morgan fingerprint density at radius 2 is 2.05 bits per heavy atom. The van der Waals surface area contributed by atoms with Gasteiger partial charge in [-0.1, -0.05) is 37.3 Å². The SMILES string of the molecule is C[C@H](CNCc1nnc(C2CC2)o1)Cc1ccccc1. The first kappa shape index (κ1) is 13.3. The minimum atomic E-state index is 0.535. The summed E-state index contributed by atoms with van der Waals surface area (Å²) in [6.45, 7) is 3.87. The second-order valence-corrected chi connectivity index (χ2v) is 5.73. The molecule has 1 N–H and O–H groups in total. The molecule has 4 heteroatoms. The van der Waals surface area contributed by atoms with Crippen LogP contribution in [0.5, 0.6) is 0 Å². The monoisotopic (exact) mass is 271 g/mol. The molecule has 1 fully saturated rings. The molecule has 1 heterocycles. The average Bonchev–Trinajstić information content (AvgIpc) is 3.20. The number of nitrogens with zero attached hydrogens (tertiary/aromatic N) is 2. The van der Waals surface area contributed by atoms with Crippen LogP contribution in [0.1, 0.15) is 43.0 Å². The fraction of sp³-hybridized carbons (Fsp3) is 0.500. The normalized spacial score (nSPS) is 16.2. The van der Waals surface area contributed by atoms with Crippen molar-refractivity contribution in [2.24, 2.45) is 5.92 Å². The lowest BCUT2D eigenvalue weighted by atomic mass is 10.0. The number of nitrogens with one attached hydrogen (secondary N) is 1. The molecule has 2 aromatic rings. The molecule has 1 atom stereocenters. The zero-order valence-corrected chi connectivity index (χ0v) is 11.9. The Hall–Kier alpha value is -1.68. The van der Waals surface area contributed by atoms with Crippen molar-refractivity contribution < 1.29 is 4.42 Å². The van der Waals surface area contributed by atoms with Gasteiger partial charge in [0.05, 0.1) is 6.54 Å². The summed E-state index contributed by atoms with van der Waals surface area (Å²) in [5.41, 5.74) is 1.38. The number of aromatic nitrogens is 2. The Labute approximate surface area is 119 Å². The van der Waals surface area contributed by atoms with Gasteiger partial charge in [0.25, 0.3) is 0 Å². The molecular weight excluding hydrogens is 250 g/mol. The van der Waals surface area contributed by atoms with Crippen molar-refractivity contribution in [1.82, 2.24) is 15.5 Å². The molecule has 0 saturated heterocycles. The van der Waals surface area contributed by atoms with Gasteiger partial charge in [0.2, 0.25) is 11.8 Å². The molecule has 1 aliphatic carbocycles. The number of hydrogen-bond acceptors (Lipinski definition) is 4. The summed E-state index contributed by atoms with van der Waals surface area (Å²) in [6, 6.07) is 10.6. The largest absolute Gasteiger partial charge is 0.424 e. The highest BCUT2D eigenvalue weighted by atomic mass is 16.4. The Bertz CT molecular complexity index is 534. The van der Waals surface area contributed by atoms with Crippen LogP contribution in [0.25, 0.3) is 0 Å². The topological polar surface area (TPSA) is 51.0 Å². The number of benzene rings is 1. The Balaban J connectivity index is 1.40. The predicted molar refractivity (Wildman–Crippen MR) is 77.3 cm³/mol. The summed E-state index contributed by atoms with van der Waals surface area (Å²) in [5, 5.41) is 11.6. The summed E-state index contributed by atoms with van der Waals surface area (Å²) in [7, 11) is 0. The van der Waals surface area contributed by atoms with E-state index in [-0.39, 0.29) is 0 Å². The molecule has 1 aliphatic rings. The zero-order valence-electron chi connectivity index (χ0n) is 11.9. The summed E-state index contributed by atoms with van der Waals surface area (Å²) in [6.07, 6.45) is 3.48. The maximum atomic E-state index is 5.62. The Morgan fingerprint density at radius 1 is 1.25 bits per heavy atom. The molecule has 0 radical (unpaired) electrons. The van der Waals surface area contributed by atoms with Crippen molar-refractivity contribution in [2.75, 3.05) is 6.54 Å². The fourth-order valence-corrected chi connectivity index (χ4v) is 2.35. The first-order valence-electron chi connectivity index (χ1n) is 7.38. The van der Waals surface area contributed by atoms with E-state index in [1.54, 1.807) is 0 Å². The minimum Gasteiger partial charge on any atom is -0.424 e. The van der Waals surface area contributed by atoms with E-state index in [2.05, 4.69) is 52.8 Å². The second-order valence-electron chi connectivity index (χ2n) is 5.73. The molecule has 4 nitrogen and oxygen atoms in total. The van der Waals surface area contributed by atoms with Gasteiger partial charge in [-0.2, -0.15) is 0 Å². The molecule has 20 heavy (non-hydrogen) atoms. The molecule has 3 rings (SSSR count). The second kappa shape index (κ2) is 6.18. The lowest BCUT2D eigenvalue weighted by Gasteiger charge is -2.11. The van der Waals surface area contributed by atoms with Gasteiger partial charge < -0.3 is 9.73 Å². The third kappa shape index (κ3) is 3.67. The van der Waals surface area contributed by atoms with Crippen molar-refractivity contribution in [2.45, 2.75) is 38.6 Å². The van der Waals surface area contributed by atoms with Gasteiger partial charge in [0, 0.05) is 5.92 Å². The van der Waals surface area contributed by atoms with Crippen LogP contribution in [0.15, 0.2) is 34.7 Å². The van der Waals surface area contributed by atoms with Crippen molar-refractivity contribution >= 4 is 0 Å². The molecular formula is C16H21N3O. The summed E-state index contributed by atoms with van der Waals surface area (Å²) >= 11 is 0. The van der Waals surface area contributed by atoms with E-state index in [9.17, 15) is 0 Å². The van der Waals surface area contributed by atoms with Gasteiger partial charge in [0.1, 0.15) is 0 Å². The van der Waals surface area contributed by atoms with E-state index in [0.717, 1.165) is 18.9 Å². The van der Waals surface area contributed by atoms with E-state index >= 15 is 0 Å². The van der Waals surface area contributed by atoms with Crippen LogP contribution in [0, 0.1) is 5.92 Å². The summed E-state index contributed by atoms with van der Waals surface area (Å²) in [5.74, 6) is 2.65. The molecule has 1 saturated carbocycles. The molecule has 106 valence electrons. The van der Waals surface area contributed by atoms with Crippen LogP contribution in [-0.4, -0.2) is 16.7 Å². The van der Waals surface area contributed by atoms with E-state index in [1.165, 1.54) is 18.4 Å². The van der Waals surface area contributed by atoms with E-state index in [0.29, 0.717) is 24.3 Å². The zero-order chi connectivity index (χ0) is 13.8. The Kier molecular flexibility index (Phi) is 4.11. The maximum Gasteiger partial charge on any atom is 0.230 e. The highest BCUT2D eigenvalue weighted by Gasteiger charge is 2.29. The molecule has 1 aromatic carbocycles. The first-order valence-corrected chi connectivity index (χ1v) is 7.38. The van der Waals surface area contributed by atoms with Crippen LogP contribution >= 0.6 is 0 Å². The van der Waals surface area contributed by atoms with E-state index < -0.39 is 0 Å². The molecule has 0 amide bonds. The summed E-state index contributed by atoms with van der Waals surface area (Å²) < 4.78 is 5.62. The van der Waals surface area contributed by atoms with Gasteiger partial charge in [-0.15, -0.1) is 10.2 Å². The van der Waals surface area contributed by atoms with Gasteiger partial charge in [-0.3, -0.25) is 0 Å². The number of hydrogen-bond donors (Lipinski definition) is 1. The maximum absolute atomic E-state index is 5.62. The molecule has 0 aliphatic heterocycles. The van der Waals surface area contributed by atoms with Gasteiger partial charge in [-0.25, -0.2) is 0 Å². The third-order valence-electron chi connectivity index (χ3n) is 3.61. The molecule has 0 bridgehead atoms. The van der Waals surface area contributed by atoms with Crippen molar-refractivity contribution in [1.29, 1.82) is 0 Å². The van der Waals surface area contributed by atoms with Gasteiger partial charge in [0.15, 0.2) is 0 Å². The third-order valence-corrected chi connectivity index (χ3v) is 3.61. The van der Waals surface area contributed by atoms with Crippen LogP contribution in [0.3, 0.4) is 0 Å². The summed E-state index contributed by atoms with van der Waals surface area (Å²) in [4.78, 5) is 0. The van der Waals surface area contributed by atoms with Gasteiger partial charge >= 0.3 is 0 Å². The van der Waals surface area contributed by atoms with Crippen LogP contribution in [0.2, 0.25) is 0 Å². The van der Waals surface area contributed by atoms with Crippen LogP contribution < -0.4 is 5.32 Å². The van der Waals surface area contributed by atoms with Crippen molar-refractivity contribution in [3.8, 4) is 0 Å². The Morgan fingerprint density at radius 3 is 2.80 bits per heavy atom. The molecule has 0 spiro atoms. The lowest BCUT2D eigenvalue weighted by Crippen LogP contribution is -2.22. The number of rotatable bonds is 7. The molecule has 0 unspecified atom stereocenters. The first-order chi connectivity index (χ1) is 9.81. The van der Waals surface area contributed by atoms with Crippen molar-refractivity contribution in [3.05, 3.63) is 47.7 Å². The fourth-order valence-electron chi connectivity index (χ4n) is 2.35. The van der Waals surface area contributed by atoms with E-state index in [1.807, 2.05) is 0 Å². The van der Waals surface area contributed by atoms with Gasteiger partial charge in [-0.05, 0) is 37.3 Å². The standard InChI is InChI=1S/C16H21N3O/c1-12(9-13-5-3-2-4-6-13)10-17-11-15-18-19-16(20-15)14-7-8-14/h2-6,12,14,17H,7-11H2,1H3/t12-/m0/s1. The smallest absolute Gasteiger partial charge is 0.230 e. The van der Waals surface area contributed by atoms with E-state index in [4.69, 9.17) is 4.42 Å². The highest BCUT2D eigenvalue weighted by Crippen LogP contribution is 2.38. The predicted octanol–water partition coefficient (Wildman–Crippen LogP) is 2.92. The highest BCUT2D eigenvalue weighted by molar-refractivity contribution is 5.15. The minimum absolute atomic E-state index is 0.535. The lowest BCUT2D eigenvalue weighted by molar-refractivity contribution is 0.418. The molecule has 1 aromatic heterocycles. The quantitative estimate of drug-likeness (QED) is 0.841. The van der Waals surface area contributed by atoms with Crippen LogP contribution in [-0.2, 0) is 13.0 Å². The van der Waals surface area contributed by atoms with Crippen LogP contribution in [0.4, 0.5) is 0 Å².